The third kappa shape index (κ3) is 2.00. The SMILES string of the molecule is Nc1nc2ccc(Br)cc2n1C1CCOc2ccccc21. The fourth-order valence-corrected chi connectivity index (χ4v) is 3.35. The summed E-state index contributed by atoms with van der Waals surface area (Å²) in [4.78, 5) is 4.48. The van der Waals surface area contributed by atoms with Crippen molar-refractivity contribution in [3.8, 4) is 5.75 Å². The second-order valence-corrected chi connectivity index (χ2v) is 6.08. The van der Waals surface area contributed by atoms with Gasteiger partial charge in [-0.3, -0.25) is 0 Å². The molecule has 1 aromatic heterocycles. The first-order valence-corrected chi connectivity index (χ1v) is 7.68. The molecule has 4 rings (SSSR count). The summed E-state index contributed by atoms with van der Waals surface area (Å²) in [7, 11) is 0. The van der Waals surface area contributed by atoms with Crippen molar-refractivity contribution in [1.82, 2.24) is 9.55 Å². The van der Waals surface area contributed by atoms with Crippen LogP contribution in [0.3, 0.4) is 0 Å². The largest absolute Gasteiger partial charge is 0.493 e. The van der Waals surface area contributed by atoms with Crippen molar-refractivity contribution >= 4 is 32.9 Å². The van der Waals surface area contributed by atoms with E-state index in [-0.39, 0.29) is 6.04 Å². The van der Waals surface area contributed by atoms with Crippen LogP contribution in [-0.2, 0) is 0 Å². The highest BCUT2D eigenvalue weighted by Gasteiger charge is 2.25. The molecule has 0 bridgehead atoms. The number of ether oxygens (including phenoxy) is 1. The van der Waals surface area contributed by atoms with Gasteiger partial charge in [0, 0.05) is 16.5 Å². The normalized spacial score (nSPS) is 17.5. The first-order valence-electron chi connectivity index (χ1n) is 6.89. The lowest BCUT2D eigenvalue weighted by Crippen LogP contribution is -2.21. The van der Waals surface area contributed by atoms with E-state index in [1.807, 2.05) is 30.3 Å². The Morgan fingerprint density at radius 2 is 2.10 bits per heavy atom. The van der Waals surface area contributed by atoms with Crippen molar-refractivity contribution in [2.45, 2.75) is 12.5 Å². The van der Waals surface area contributed by atoms with Crippen LogP contribution in [0.4, 0.5) is 5.95 Å². The van der Waals surface area contributed by atoms with Crippen LogP contribution in [0.15, 0.2) is 46.9 Å². The molecule has 2 N–H and O–H groups in total. The predicted molar refractivity (Wildman–Crippen MR) is 86.5 cm³/mol. The first kappa shape index (κ1) is 12.7. The summed E-state index contributed by atoms with van der Waals surface area (Å²) in [6.07, 6.45) is 0.888. The Hall–Kier alpha value is -2.01. The summed E-state index contributed by atoms with van der Waals surface area (Å²) in [6, 6.07) is 14.3. The van der Waals surface area contributed by atoms with Gasteiger partial charge in [0.15, 0.2) is 0 Å². The molecule has 0 saturated carbocycles. The maximum atomic E-state index is 6.19. The van der Waals surface area contributed by atoms with E-state index in [1.165, 1.54) is 0 Å². The Morgan fingerprint density at radius 1 is 1.24 bits per heavy atom. The lowest BCUT2D eigenvalue weighted by atomic mass is 10.00. The standard InChI is InChI=1S/C16H14BrN3O/c17-10-5-6-12-14(9-10)20(16(18)19-12)13-7-8-21-15-4-2-1-3-11(13)15/h1-6,9,13H,7-8H2,(H2,18,19). The van der Waals surface area contributed by atoms with Gasteiger partial charge in [0.1, 0.15) is 5.75 Å². The Balaban J connectivity index is 1.95. The molecule has 1 aliphatic rings. The molecule has 1 unspecified atom stereocenters. The Kier molecular flexibility index (Phi) is 2.89. The number of benzene rings is 2. The number of fused-ring (bicyclic) bond motifs is 2. The number of rotatable bonds is 1. The van der Waals surface area contributed by atoms with Crippen LogP contribution in [-0.4, -0.2) is 16.2 Å². The molecule has 0 fully saturated rings. The highest BCUT2D eigenvalue weighted by atomic mass is 79.9. The average Bonchev–Trinajstić information content (AvgIpc) is 2.82. The zero-order chi connectivity index (χ0) is 14.4. The molecule has 0 amide bonds. The van der Waals surface area contributed by atoms with Gasteiger partial charge in [0.05, 0.1) is 23.7 Å². The summed E-state index contributed by atoms with van der Waals surface area (Å²) in [5.74, 6) is 1.48. The molecule has 5 heteroatoms. The summed E-state index contributed by atoms with van der Waals surface area (Å²) < 4.78 is 8.88. The van der Waals surface area contributed by atoms with Crippen LogP contribution in [0.25, 0.3) is 11.0 Å². The van der Waals surface area contributed by atoms with Gasteiger partial charge in [-0.15, -0.1) is 0 Å². The lowest BCUT2D eigenvalue weighted by Gasteiger charge is -2.28. The molecule has 0 aliphatic carbocycles. The third-order valence-corrected chi connectivity index (χ3v) is 4.41. The molecule has 2 aromatic carbocycles. The summed E-state index contributed by atoms with van der Waals surface area (Å²) in [6.45, 7) is 0.689. The maximum absolute atomic E-state index is 6.19. The molecular formula is C16H14BrN3O. The molecule has 0 saturated heterocycles. The number of anilines is 1. The van der Waals surface area contributed by atoms with Gasteiger partial charge in [0.25, 0.3) is 0 Å². The van der Waals surface area contributed by atoms with Crippen LogP contribution >= 0.6 is 15.9 Å². The Morgan fingerprint density at radius 3 is 3.00 bits per heavy atom. The highest BCUT2D eigenvalue weighted by Crippen LogP contribution is 2.38. The number of para-hydroxylation sites is 1. The van der Waals surface area contributed by atoms with Crippen LogP contribution in [0.1, 0.15) is 18.0 Å². The van der Waals surface area contributed by atoms with Crippen molar-refractivity contribution < 1.29 is 4.74 Å². The van der Waals surface area contributed by atoms with Gasteiger partial charge in [-0.1, -0.05) is 34.1 Å². The van der Waals surface area contributed by atoms with Crippen molar-refractivity contribution in [2.24, 2.45) is 0 Å². The third-order valence-electron chi connectivity index (χ3n) is 3.92. The first-order chi connectivity index (χ1) is 10.2. The minimum atomic E-state index is 0.161. The monoisotopic (exact) mass is 343 g/mol. The van der Waals surface area contributed by atoms with E-state index < -0.39 is 0 Å². The smallest absolute Gasteiger partial charge is 0.201 e. The van der Waals surface area contributed by atoms with Crippen LogP contribution in [0.5, 0.6) is 5.75 Å². The lowest BCUT2D eigenvalue weighted by molar-refractivity contribution is 0.259. The van der Waals surface area contributed by atoms with Gasteiger partial charge in [-0.2, -0.15) is 0 Å². The van der Waals surface area contributed by atoms with E-state index in [0.717, 1.165) is 33.2 Å². The van der Waals surface area contributed by atoms with Gasteiger partial charge in [-0.05, 0) is 24.3 Å². The molecule has 0 spiro atoms. The number of nitrogen functional groups attached to an aromatic ring is 1. The minimum absolute atomic E-state index is 0.161. The molecule has 1 atom stereocenters. The van der Waals surface area contributed by atoms with E-state index in [4.69, 9.17) is 10.5 Å². The topological polar surface area (TPSA) is 53.1 Å². The number of hydrogen-bond donors (Lipinski definition) is 1. The molecule has 4 nitrogen and oxygen atoms in total. The summed E-state index contributed by atoms with van der Waals surface area (Å²) in [5.41, 5.74) is 9.31. The quantitative estimate of drug-likeness (QED) is 0.731. The summed E-state index contributed by atoms with van der Waals surface area (Å²) in [5, 5.41) is 0. The Bertz CT molecular complexity index is 828. The highest BCUT2D eigenvalue weighted by molar-refractivity contribution is 9.10. The van der Waals surface area contributed by atoms with Gasteiger partial charge < -0.3 is 15.0 Å². The second-order valence-electron chi connectivity index (χ2n) is 5.16. The fraction of sp³-hybridized carbons (Fsp3) is 0.188. The fourth-order valence-electron chi connectivity index (χ4n) is 3.00. The number of nitrogens with zero attached hydrogens (tertiary/aromatic N) is 2. The number of imidazole rings is 1. The van der Waals surface area contributed by atoms with Crippen LogP contribution in [0, 0.1) is 0 Å². The van der Waals surface area contributed by atoms with E-state index in [9.17, 15) is 0 Å². The maximum Gasteiger partial charge on any atom is 0.201 e. The molecular weight excluding hydrogens is 330 g/mol. The van der Waals surface area contributed by atoms with E-state index in [0.29, 0.717) is 12.6 Å². The van der Waals surface area contributed by atoms with E-state index in [2.05, 4.69) is 37.6 Å². The molecule has 21 heavy (non-hydrogen) atoms. The predicted octanol–water partition coefficient (Wildman–Crippen LogP) is 3.75. The molecule has 0 radical (unpaired) electrons. The molecule has 3 aromatic rings. The second kappa shape index (κ2) is 4.77. The van der Waals surface area contributed by atoms with Gasteiger partial charge >= 0.3 is 0 Å². The van der Waals surface area contributed by atoms with Gasteiger partial charge in [0.2, 0.25) is 5.95 Å². The van der Waals surface area contributed by atoms with Gasteiger partial charge in [-0.25, -0.2) is 4.98 Å². The number of hydrogen-bond acceptors (Lipinski definition) is 3. The number of halogens is 1. The average molecular weight is 344 g/mol. The van der Waals surface area contributed by atoms with Crippen molar-refractivity contribution in [3.05, 3.63) is 52.5 Å². The van der Waals surface area contributed by atoms with Crippen LogP contribution < -0.4 is 10.5 Å². The van der Waals surface area contributed by atoms with E-state index in [1.54, 1.807) is 0 Å². The zero-order valence-corrected chi connectivity index (χ0v) is 12.9. The van der Waals surface area contributed by atoms with Crippen LogP contribution in [0.2, 0.25) is 0 Å². The summed E-state index contributed by atoms with van der Waals surface area (Å²) >= 11 is 3.52. The van der Waals surface area contributed by atoms with Crippen molar-refractivity contribution in [2.75, 3.05) is 12.3 Å². The van der Waals surface area contributed by atoms with E-state index >= 15 is 0 Å². The number of aromatic nitrogens is 2. The number of nitrogens with two attached hydrogens (primary N) is 1. The van der Waals surface area contributed by atoms with Crippen molar-refractivity contribution in [3.63, 3.8) is 0 Å². The minimum Gasteiger partial charge on any atom is -0.493 e. The Labute approximate surface area is 130 Å². The molecule has 2 heterocycles. The molecule has 1 aliphatic heterocycles. The molecule has 106 valence electrons. The van der Waals surface area contributed by atoms with Crippen molar-refractivity contribution in [1.29, 1.82) is 0 Å². The zero-order valence-electron chi connectivity index (χ0n) is 11.3.